The summed E-state index contributed by atoms with van der Waals surface area (Å²) in [7, 11) is 0. The van der Waals surface area contributed by atoms with Crippen molar-refractivity contribution in [1.82, 2.24) is 0 Å². The summed E-state index contributed by atoms with van der Waals surface area (Å²) in [5.74, 6) is -0.809. The lowest BCUT2D eigenvalue weighted by atomic mass is 9.93. The summed E-state index contributed by atoms with van der Waals surface area (Å²) < 4.78 is 25.6. The highest BCUT2D eigenvalue weighted by molar-refractivity contribution is 5.34. The Morgan fingerprint density at radius 1 is 1.73 bits per heavy atom. The molecule has 1 rings (SSSR count). The Kier molecular flexibility index (Phi) is 1.75. The van der Waals surface area contributed by atoms with Crippen LogP contribution < -0.4 is 5.73 Å². The molecule has 58 valence electrons. The molecule has 0 heterocycles. The number of allylic oxidation sites excluding steroid dienone is 2. The number of rotatable bonds is 0. The van der Waals surface area contributed by atoms with E-state index >= 15 is 0 Å². The lowest BCUT2D eigenvalue weighted by molar-refractivity contribution is 0.253. The molecular formula is C7H6F2N2. The van der Waals surface area contributed by atoms with Crippen molar-refractivity contribution in [3.05, 3.63) is 24.1 Å². The average Bonchev–Trinajstić information content (AvgIpc) is 2.00. The third-order valence-corrected chi connectivity index (χ3v) is 1.52. The second kappa shape index (κ2) is 2.44. The van der Waals surface area contributed by atoms with E-state index in [-0.39, 0.29) is 0 Å². The van der Waals surface area contributed by atoms with Gasteiger partial charge < -0.3 is 5.73 Å². The molecule has 2 nitrogen and oxygen atoms in total. The molecule has 2 N–H and O–H groups in total. The van der Waals surface area contributed by atoms with E-state index in [0.717, 1.165) is 18.2 Å². The third-order valence-electron chi connectivity index (χ3n) is 1.52. The van der Waals surface area contributed by atoms with Crippen molar-refractivity contribution in [1.29, 1.82) is 5.26 Å². The van der Waals surface area contributed by atoms with Crippen molar-refractivity contribution in [2.75, 3.05) is 0 Å². The predicted octanol–water partition coefficient (Wildman–Crippen LogP) is 0.969. The van der Waals surface area contributed by atoms with E-state index in [0.29, 0.717) is 0 Å². The average molecular weight is 156 g/mol. The van der Waals surface area contributed by atoms with Gasteiger partial charge in [0.2, 0.25) is 5.67 Å². The van der Waals surface area contributed by atoms with Crippen LogP contribution in [0, 0.1) is 11.3 Å². The van der Waals surface area contributed by atoms with Crippen molar-refractivity contribution >= 4 is 0 Å². The van der Waals surface area contributed by atoms with Crippen LogP contribution in [0.25, 0.3) is 0 Å². The van der Waals surface area contributed by atoms with E-state index in [4.69, 9.17) is 11.0 Å². The van der Waals surface area contributed by atoms with Gasteiger partial charge >= 0.3 is 0 Å². The molecule has 0 amide bonds. The van der Waals surface area contributed by atoms with E-state index < -0.39 is 17.5 Å². The standard InChI is InChI=1S/C7H6F2N2/c8-5-2-1-3-7(9,4-10)6(5)11/h1-3,6H,11H2. The van der Waals surface area contributed by atoms with Crippen LogP contribution in [0.15, 0.2) is 24.1 Å². The fourth-order valence-corrected chi connectivity index (χ4v) is 0.795. The van der Waals surface area contributed by atoms with Crippen molar-refractivity contribution in [2.24, 2.45) is 5.73 Å². The minimum atomic E-state index is -2.39. The van der Waals surface area contributed by atoms with E-state index in [1.807, 2.05) is 0 Å². The summed E-state index contributed by atoms with van der Waals surface area (Å²) in [5, 5.41) is 8.29. The van der Waals surface area contributed by atoms with E-state index in [9.17, 15) is 8.78 Å². The SMILES string of the molecule is N#CC1(F)C=CC=C(F)C1N. The topological polar surface area (TPSA) is 49.8 Å². The predicted molar refractivity (Wildman–Crippen MR) is 35.8 cm³/mol. The highest BCUT2D eigenvalue weighted by Crippen LogP contribution is 2.25. The van der Waals surface area contributed by atoms with Gasteiger partial charge in [0.05, 0.1) is 0 Å². The highest BCUT2D eigenvalue weighted by atomic mass is 19.2. The molecule has 2 atom stereocenters. The highest BCUT2D eigenvalue weighted by Gasteiger charge is 2.38. The second-order valence-electron chi connectivity index (χ2n) is 2.27. The number of hydrogen-bond acceptors (Lipinski definition) is 2. The van der Waals surface area contributed by atoms with Gasteiger partial charge in [-0.25, -0.2) is 8.78 Å². The lowest BCUT2D eigenvalue weighted by Gasteiger charge is -2.21. The summed E-state index contributed by atoms with van der Waals surface area (Å²) in [6.07, 6.45) is 3.13. The zero-order chi connectivity index (χ0) is 8.48. The molecule has 0 bridgehead atoms. The van der Waals surface area contributed by atoms with Crippen molar-refractivity contribution in [3.8, 4) is 6.07 Å². The molecule has 0 spiro atoms. The molecule has 2 unspecified atom stereocenters. The van der Waals surface area contributed by atoms with Crippen LogP contribution in [0.2, 0.25) is 0 Å². The smallest absolute Gasteiger partial charge is 0.235 e. The molecule has 0 aromatic carbocycles. The first-order valence-electron chi connectivity index (χ1n) is 3.01. The van der Waals surface area contributed by atoms with Gasteiger partial charge in [-0.15, -0.1) is 0 Å². The monoisotopic (exact) mass is 156 g/mol. The molecule has 4 heteroatoms. The van der Waals surface area contributed by atoms with E-state index in [1.165, 1.54) is 6.07 Å². The van der Waals surface area contributed by atoms with Gasteiger partial charge in [0, 0.05) is 0 Å². The lowest BCUT2D eigenvalue weighted by Crippen LogP contribution is -2.43. The van der Waals surface area contributed by atoms with Crippen molar-refractivity contribution < 1.29 is 8.78 Å². The minimum absolute atomic E-state index is 0.809. The van der Waals surface area contributed by atoms with Gasteiger partial charge in [-0.1, -0.05) is 6.08 Å². The van der Waals surface area contributed by atoms with Gasteiger partial charge in [0.15, 0.2) is 0 Å². The van der Waals surface area contributed by atoms with Crippen molar-refractivity contribution in [2.45, 2.75) is 11.7 Å². The first-order chi connectivity index (χ1) is 5.10. The van der Waals surface area contributed by atoms with Crippen LogP contribution in [0.4, 0.5) is 8.78 Å². The maximum atomic E-state index is 13.1. The van der Waals surface area contributed by atoms with Gasteiger partial charge in [-0.3, -0.25) is 0 Å². The first kappa shape index (κ1) is 7.89. The van der Waals surface area contributed by atoms with Gasteiger partial charge in [-0.2, -0.15) is 5.26 Å². The number of nitriles is 1. The Morgan fingerprint density at radius 2 is 2.36 bits per heavy atom. The summed E-state index contributed by atoms with van der Waals surface area (Å²) in [4.78, 5) is 0. The molecule has 0 aromatic heterocycles. The Balaban J connectivity index is 3.00. The maximum Gasteiger partial charge on any atom is 0.235 e. The molecule has 1 aliphatic rings. The quantitative estimate of drug-likeness (QED) is 0.568. The molecule has 11 heavy (non-hydrogen) atoms. The Morgan fingerprint density at radius 3 is 2.82 bits per heavy atom. The van der Waals surface area contributed by atoms with Gasteiger partial charge in [-0.05, 0) is 12.2 Å². The zero-order valence-corrected chi connectivity index (χ0v) is 5.59. The van der Waals surface area contributed by atoms with E-state index in [2.05, 4.69) is 0 Å². The second-order valence-corrected chi connectivity index (χ2v) is 2.27. The normalized spacial score (nSPS) is 36.2. The third kappa shape index (κ3) is 1.15. The van der Waals surface area contributed by atoms with Crippen LogP contribution in [-0.2, 0) is 0 Å². The molecule has 1 aliphatic carbocycles. The minimum Gasteiger partial charge on any atom is -0.318 e. The Labute approximate surface area is 62.6 Å². The summed E-state index contributed by atoms with van der Waals surface area (Å²) in [6, 6.07) is -0.187. The largest absolute Gasteiger partial charge is 0.318 e. The first-order valence-corrected chi connectivity index (χ1v) is 3.01. The van der Waals surface area contributed by atoms with Gasteiger partial charge in [0.25, 0.3) is 0 Å². The molecule has 0 aliphatic heterocycles. The molecule has 0 aromatic rings. The fraction of sp³-hybridized carbons (Fsp3) is 0.286. The number of halogens is 2. The van der Waals surface area contributed by atoms with Crippen LogP contribution >= 0.6 is 0 Å². The summed E-state index contributed by atoms with van der Waals surface area (Å²) in [6.45, 7) is 0. The van der Waals surface area contributed by atoms with Gasteiger partial charge in [0.1, 0.15) is 17.9 Å². The molecule has 0 saturated carbocycles. The van der Waals surface area contributed by atoms with Crippen LogP contribution in [0.3, 0.4) is 0 Å². The molecule has 0 radical (unpaired) electrons. The summed E-state index contributed by atoms with van der Waals surface area (Å²) >= 11 is 0. The Bertz CT molecular complexity index is 264. The van der Waals surface area contributed by atoms with Crippen LogP contribution in [0.5, 0.6) is 0 Å². The van der Waals surface area contributed by atoms with Crippen LogP contribution in [-0.4, -0.2) is 11.7 Å². The molecule has 0 fully saturated rings. The number of alkyl halides is 1. The molecular weight excluding hydrogens is 150 g/mol. The Hall–Kier alpha value is -1.21. The van der Waals surface area contributed by atoms with E-state index in [1.54, 1.807) is 0 Å². The van der Waals surface area contributed by atoms with Crippen molar-refractivity contribution in [3.63, 3.8) is 0 Å². The molecule has 0 saturated heterocycles. The number of nitrogens with zero attached hydrogens (tertiary/aromatic N) is 1. The summed E-state index contributed by atoms with van der Waals surface area (Å²) in [5.41, 5.74) is 2.69. The van der Waals surface area contributed by atoms with Crippen LogP contribution in [0.1, 0.15) is 0 Å². The number of hydrogen-bond donors (Lipinski definition) is 1. The maximum absolute atomic E-state index is 13.1. The number of nitrogens with two attached hydrogens (primary N) is 1. The zero-order valence-electron chi connectivity index (χ0n) is 5.59. The fourth-order valence-electron chi connectivity index (χ4n) is 0.795.